The number of nitrogens with zero attached hydrogens (tertiary/aromatic N) is 5. The molecule has 6 heterocycles. The van der Waals surface area contributed by atoms with Gasteiger partial charge in [-0.1, -0.05) is 23.7 Å². The van der Waals surface area contributed by atoms with Crippen LogP contribution in [0.2, 0.25) is 5.02 Å². The summed E-state index contributed by atoms with van der Waals surface area (Å²) in [5.41, 5.74) is 2.35. The van der Waals surface area contributed by atoms with Crippen molar-refractivity contribution in [1.29, 1.82) is 5.41 Å². The number of alkyl halides is 2. The molecule has 48 heavy (non-hydrogen) atoms. The zero-order valence-electron chi connectivity index (χ0n) is 25.6. The van der Waals surface area contributed by atoms with Crippen molar-refractivity contribution in [2.75, 3.05) is 12.3 Å². The van der Waals surface area contributed by atoms with Crippen molar-refractivity contribution in [3.05, 3.63) is 105 Å². The predicted molar refractivity (Wildman–Crippen MR) is 179 cm³/mol. The SMILES string of the molecule is N=C(/C=C\NC(F)F)C1=C2C[C@H](CS(=O)(=O)N3C4CC[C@H]3C[C@@H](c3ccccn3)C4)CN2C(c2nccs2)=N[C@H]1c1ccc(F)cc1Cl. The van der Waals surface area contributed by atoms with E-state index in [2.05, 4.69) is 9.97 Å². The number of piperidine rings is 1. The van der Waals surface area contributed by atoms with E-state index in [1.165, 1.54) is 29.5 Å². The third-order valence-electron chi connectivity index (χ3n) is 9.52. The van der Waals surface area contributed by atoms with Gasteiger partial charge in [0.25, 0.3) is 0 Å². The number of halogens is 4. The first-order valence-electron chi connectivity index (χ1n) is 15.7. The van der Waals surface area contributed by atoms with E-state index >= 15 is 0 Å². The van der Waals surface area contributed by atoms with Crippen molar-refractivity contribution < 1.29 is 21.6 Å². The molecule has 5 atom stereocenters. The Morgan fingerprint density at radius 1 is 1.15 bits per heavy atom. The molecule has 2 aromatic heterocycles. The standard InChI is InChI=1S/C33H33ClF3N7O2S2/c34-25-16-21(35)4-7-24(25)30-29(26(38)8-10-41-33(36)37)28-13-19(17-43(28)31(42-30)32-40-11-12-47-32)18-48(45,46)44-22-5-6-23(44)15-20(14-22)27-3-1-2-9-39-27/h1-4,7-12,16,19-20,22-23,30,33,38,41H,5-6,13-15,17-18H2/b10-8-,38-26?/t19-,20-,22?,23-,30-/m0/s1. The lowest BCUT2D eigenvalue weighted by molar-refractivity contribution is 0.125. The molecule has 2 N–H and O–H groups in total. The van der Waals surface area contributed by atoms with E-state index in [0.29, 0.717) is 40.6 Å². The van der Waals surface area contributed by atoms with Crippen LogP contribution in [0.1, 0.15) is 60.3 Å². The third kappa shape index (κ3) is 6.42. The molecule has 15 heteroatoms. The van der Waals surface area contributed by atoms with Gasteiger partial charge in [-0.05, 0) is 68.4 Å². The molecule has 3 fully saturated rings. The first kappa shape index (κ1) is 32.9. The minimum Gasteiger partial charge on any atom is -0.336 e. The number of aliphatic imine (C=N–C) groups is 1. The smallest absolute Gasteiger partial charge is 0.312 e. The average Bonchev–Trinajstić information content (AvgIpc) is 3.79. The Labute approximate surface area is 285 Å². The molecule has 9 nitrogen and oxygen atoms in total. The van der Waals surface area contributed by atoms with Gasteiger partial charge in [-0.2, -0.15) is 13.1 Å². The molecule has 0 spiro atoms. The van der Waals surface area contributed by atoms with E-state index < -0.39 is 28.4 Å². The molecule has 3 aromatic rings. The molecule has 4 aliphatic heterocycles. The van der Waals surface area contributed by atoms with Crippen LogP contribution >= 0.6 is 22.9 Å². The van der Waals surface area contributed by atoms with Crippen molar-refractivity contribution in [1.82, 2.24) is 24.5 Å². The Morgan fingerprint density at radius 2 is 1.94 bits per heavy atom. The van der Waals surface area contributed by atoms with Gasteiger partial charge in [0.1, 0.15) is 11.9 Å². The highest BCUT2D eigenvalue weighted by atomic mass is 35.5. The van der Waals surface area contributed by atoms with E-state index in [1.807, 2.05) is 28.4 Å². The molecule has 2 bridgehead atoms. The summed E-state index contributed by atoms with van der Waals surface area (Å²) < 4.78 is 70.1. The topological polar surface area (TPSA) is 115 Å². The van der Waals surface area contributed by atoms with Crippen LogP contribution in [-0.2, 0) is 10.0 Å². The highest BCUT2D eigenvalue weighted by Gasteiger charge is 2.49. The van der Waals surface area contributed by atoms with Crippen molar-refractivity contribution in [2.45, 2.75) is 62.7 Å². The van der Waals surface area contributed by atoms with Crippen LogP contribution in [-0.4, -0.2) is 70.1 Å². The number of sulfonamides is 1. The molecule has 0 saturated carbocycles. The molecule has 4 aliphatic rings. The normalized spacial score (nSPS) is 26.0. The number of benzene rings is 1. The first-order chi connectivity index (χ1) is 23.1. The molecule has 0 radical (unpaired) electrons. The summed E-state index contributed by atoms with van der Waals surface area (Å²) in [6.07, 6.45) is 9.03. The van der Waals surface area contributed by atoms with Crippen LogP contribution in [0.15, 0.2) is 82.7 Å². The molecule has 7 rings (SSSR count). The summed E-state index contributed by atoms with van der Waals surface area (Å²) >= 11 is 7.89. The van der Waals surface area contributed by atoms with Crippen molar-refractivity contribution in [3.63, 3.8) is 0 Å². The third-order valence-corrected chi connectivity index (χ3v) is 12.8. The number of aromatic nitrogens is 2. The van der Waals surface area contributed by atoms with Gasteiger partial charge in [0.05, 0.1) is 11.5 Å². The monoisotopic (exact) mass is 715 g/mol. The van der Waals surface area contributed by atoms with Crippen LogP contribution in [0.5, 0.6) is 0 Å². The fourth-order valence-corrected chi connectivity index (χ4v) is 10.9. The molecule has 1 aromatic carbocycles. The lowest BCUT2D eigenvalue weighted by atomic mass is 9.89. The van der Waals surface area contributed by atoms with E-state index in [0.717, 1.165) is 43.6 Å². The Morgan fingerprint density at radius 3 is 2.60 bits per heavy atom. The largest absolute Gasteiger partial charge is 0.336 e. The molecule has 252 valence electrons. The lowest BCUT2D eigenvalue weighted by Gasteiger charge is -2.38. The number of thiazole rings is 1. The summed E-state index contributed by atoms with van der Waals surface area (Å²) in [4.78, 5) is 15.9. The van der Waals surface area contributed by atoms with E-state index in [1.54, 1.807) is 22.1 Å². The van der Waals surface area contributed by atoms with Gasteiger partial charge in [0.15, 0.2) is 10.8 Å². The molecular formula is C33H33ClF3N7O2S2. The van der Waals surface area contributed by atoms with Crippen molar-refractivity contribution in [3.8, 4) is 0 Å². The highest BCUT2D eigenvalue weighted by molar-refractivity contribution is 7.89. The fourth-order valence-electron chi connectivity index (χ4n) is 7.69. The summed E-state index contributed by atoms with van der Waals surface area (Å²) in [5.74, 6) is -0.275. The predicted octanol–water partition coefficient (Wildman–Crippen LogP) is 6.49. The zero-order valence-corrected chi connectivity index (χ0v) is 28.0. The average molecular weight is 716 g/mol. The van der Waals surface area contributed by atoms with E-state index in [9.17, 15) is 21.6 Å². The Bertz CT molecular complexity index is 1880. The van der Waals surface area contributed by atoms with Gasteiger partial charge in [-0.25, -0.2) is 17.8 Å². The van der Waals surface area contributed by atoms with Gasteiger partial charge >= 0.3 is 6.55 Å². The zero-order chi connectivity index (χ0) is 33.6. The molecule has 0 aliphatic carbocycles. The maximum atomic E-state index is 14.2. The van der Waals surface area contributed by atoms with Gasteiger partial charge in [0.2, 0.25) is 10.0 Å². The number of pyridine rings is 1. The second-order valence-corrected chi connectivity index (χ2v) is 15.8. The van der Waals surface area contributed by atoms with Gasteiger partial charge in [-0.3, -0.25) is 9.98 Å². The highest BCUT2D eigenvalue weighted by Crippen LogP contribution is 2.47. The maximum Gasteiger partial charge on any atom is 0.312 e. The summed E-state index contributed by atoms with van der Waals surface area (Å²) in [5, 5.41) is 13.4. The Balaban J connectivity index is 1.22. The van der Waals surface area contributed by atoms with Crippen LogP contribution < -0.4 is 5.32 Å². The van der Waals surface area contributed by atoms with Gasteiger partial charge in [0, 0.05) is 76.1 Å². The van der Waals surface area contributed by atoms with E-state index in [4.69, 9.17) is 22.0 Å². The number of rotatable bonds is 10. The number of nitrogens with one attached hydrogen (secondary N) is 2. The minimum atomic E-state index is -3.67. The van der Waals surface area contributed by atoms with Crippen LogP contribution in [0.4, 0.5) is 13.2 Å². The maximum absolute atomic E-state index is 14.2. The summed E-state index contributed by atoms with van der Waals surface area (Å²) in [6, 6.07) is 8.72. The summed E-state index contributed by atoms with van der Waals surface area (Å²) in [7, 11) is -3.67. The van der Waals surface area contributed by atoms with Crippen molar-refractivity contribution >= 4 is 44.5 Å². The first-order valence-corrected chi connectivity index (χ1v) is 18.6. The number of fused-ring (bicyclic) bond motifs is 3. The number of allylic oxidation sites excluding steroid dienone is 2. The van der Waals surface area contributed by atoms with E-state index in [-0.39, 0.29) is 40.4 Å². The number of hydrogen-bond acceptors (Lipinski definition) is 9. The summed E-state index contributed by atoms with van der Waals surface area (Å²) in [6.45, 7) is -2.51. The lowest BCUT2D eigenvalue weighted by Crippen LogP contribution is -2.48. The number of hydrogen-bond donors (Lipinski definition) is 2. The van der Waals surface area contributed by atoms with Crippen LogP contribution in [0, 0.1) is 17.1 Å². The second kappa shape index (κ2) is 13.4. The fraction of sp³-hybridized carbons (Fsp3) is 0.394. The Hall–Kier alpha value is -3.59. The van der Waals surface area contributed by atoms with Crippen LogP contribution in [0.3, 0.4) is 0 Å². The van der Waals surface area contributed by atoms with Crippen molar-refractivity contribution in [2.24, 2.45) is 10.9 Å². The van der Waals surface area contributed by atoms with Crippen LogP contribution in [0.25, 0.3) is 0 Å². The molecule has 0 amide bonds. The number of amidine groups is 1. The minimum absolute atomic E-state index is 0.0855. The quantitative estimate of drug-likeness (QED) is 0.183. The molecular weight excluding hydrogens is 683 g/mol. The van der Waals surface area contributed by atoms with Gasteiger partial charge < -0.3 is 15.6 Å². The second-order valence-electron chi connectivity index (χ2n) is 12.5. The molecule has 1 unspecified atom stereocenters. The van der Waals surface area contributed by atoms with Gasteiger partial charge in [-0.15, -0.1) is 11.3 Å². The molecule has 3 saturated heterocycles. The Kier molecular flexibility index (Phi) is 9.18.